The predicted octanol–water partition coefficient (Wildman–Crippen LogP) is 5.72. The molecule has 0 aromatic heterocycles. The zero-order valence-electron chi connectivity index (χ0n) is 20.9. The number of amides is 2. The summed E-state index contributed by atoms with van der Waals surface area (Å²) in [6.45, 7) is -1.92. The largest absolute Gasteiger partial charge is 0.497 e. The number of methoxy groups -OCH3 is 2. The molecule has 4 rings (SSSR count). The van der Waals surface area contributed by atoms with Gasteiger partial charge in [-0.1, -0.05) is 12.1 Å². The molecule has 200 valence electrons. The van der Waals surface area contributed by atoms with Gasteiger partial charge in [0.1, 0.15) is 23.1 Å². The van der Waals surface area contributed by atoms with Crippen molar-refractivity contribution in [3.8, 4) is 17.2 Å². The molecule has 0 unspecified atom stereocenters. The number of rotatable bonds is 8. The minimum Gasteiger partial charge on any atom is -0.497 e. The molecule has 1 fully saturated rings. The average Bonchev–Trinajstić information content (AvgIpc) is 2.92. The van der Waals surface area contributed by atoms with Crippen molar-refractivity contribution in [1.29, 1.82) is 0 Å². The number of carbonyl (C=O) groups is 2. The number of anilines is 1. The summed E-state index contributed by atoms with van der Waals surface area (Å²) in [6, 6.07) is 15.3. The first kappa shape index (κ1) is 26.8. The number of halogens is 3. The molecule has 10 heteroatoms. The minimum atomic E-state index is -3.09. The highest BCUT2D eigenvalue weighted by atomic mass is 19.3. The smallest absolute Gasteiger partial charge is 0.387 e. The van der Waals surface area contributed by atoms with Gasteiger partial charge in [0.15, 0.2) is 0 Å². The number of alkyl halides is 2. The van der Waals surface area contributed by atoms with Crippen molar-refractivity contribution in [2.24, 2.45) is 0 Å². The van der Waals surface area contributed by atoms with Crippen LogP contribution in [0, 0.1) is 5.82 Å². The standard InChI is InChI=1S/C28H27F3N2O5/c1-36-20-7-10-23(25(16-20)37-2)27(35)33-13-11-18(12-14-33)17-3-5-19(6-4-17)32-26(34)22-9-8-21(15-24(22)29)38-28(30)31/h3-10,15-16,18,28H,11-14H2,1-2H3,(H,32,34). The van der Waals surface area contributed by atoms with Crippen LogP contribution in [0.1, 0.15) is 45.0 Å². The molecule has 3 aromatic carbocycles. The Bertz CT molecular complexity index is 1290. The van der Waals surface area contributed by atoms with Crippen LogP contribution in [0.5, 0.6) is 17.2 Å². The molecule has 1 N–H and O–H groups in total. The molecule has 2 amide bonds. The van der Waals surface area contributed by atoms with E-state index in [0.717, 1.165) is 36.6 Å². The number of piperidine rings is 1. The molecule has 1 saturated heterocycles. The van der Waals surface area contributed by atoms with Crippen LogP contribution < -0.4 is 19.5 Å². The second-order valence-corrected chi connectivity index (χ2v) is 8.73. The van der Waals surface area contributed by atoms with Gasteiger partial charge in [-0.15, -0.1) is 0 Å². The van der Waals surface area contributed by atoms with Crippen LogP contribution in [0.15, 0.2) is 60.7 Å². The molecule has 3 aromatic rings. The number of hydrogen-bond acceptors (Lipinski definition) is 5. The quantitative estimate of drug-likeness (QED) is 0.405. The number of carbonyl (C=O) groups excluding carboxylic acids is 2. The van der Waals surface area contributed by atoms with Crippen molar-refractivity contribution < 1.29 is 37.0 Å². The molecule has 0 spiro atoms. The molecular weight excluding hydrogens is 501 g/mol. The van der Waals surface area contributed by atoms with E-state index in [0.29, 0.717) is 35.8 Å². The maximum atomic E-state index is 14.2. The lowest BCUT2D eigenvalue weighted by Gasteiger charge is -2.32. The van der Waals surface area contributed by atoms with Gasteiger partial charge in [0.25, 0.3) is 11.8 Å². The minimum absolute atomic E-state index is 0.0953. The Hall–Kier alpha value is -4.21. The monoisotopic (exact) mass is 528 g/mol. The van der Waals surface area contributed by atoms with E-state index in [1.165, 1.54) is 7.11 Å². The normalized spacial score (nSPS) is 13.8. The predicted molar refractivity (Wildman–Crippen MR) is 135 cm³/mol. The van der Waals surface area contributed by atoms with Crippen LogP contribution in [-0.2, 0) is 0 Å². The first-order valence-electron chi connectivity index (χ1n) is 12.0. The Kier molecular flexibility index (Phi) is 8.40. The van der Waals surface area contributed by atoms with Gasteiger partial charge in [-0.25, -0.2) is 4.39 Å². The Morgan fingerprint density at radius 2 is 1.55 bits per heavy atom. The summed E-state index contributed by atoms with van der Waals surface area (Å²) in [5.41, 5.74) is 1.72. The summed E-state index contributed by atoms with van der Waals surface area (Å²) in [4.78, 5) is 27.3. The molecule has 1 heterocycles. The average molecular weight is 529 g/mol. The van der Waals surface area contributed by atoms with Gasteiger partial charge in [0.2, 0.25) is 0 Å². The number of nitrogens with one attached hydrogen (secondary N) is 1. The number of ether oxygens (including phenoxy) is 3. The fourth-order valence-corrected chi connectivity index (χ4v) is 4.45. The number of nitrogens with zero attached hydrogens (tertiary/aromatic N) is 1. The molecule has 1 aliphatic heterocycles. The lowest BCUT2D eigenvalue weighted by Crippen LogP contribution is -2.38. The summed E-state index contributed by atoms with van der Waals surface area (Å²) in [5, 5.41) is 2.61. The van der Waals surface area contributed by atoms with E-state index in [1.807, 2.05) is 17.0 Å². The van der Waals surface area contributed by atoms with E-state index < -0.39 is 18.3 Å². The summed E-state index contributed by atoms with van der Waals surface area (Å²) < 4.78 is 53.5. The zero-order chi connectivity index (χ0) is 27.2. The highest BCUT2D eigenvalue weighted by Crippen LogP contribution is 2.32. The summed E-state index contributed by atoms with van der Waals surface area (Å²) >= 11 is 0. The van der Waals surface area contributed by atoms with Gasteiger partial charge in [-0.05, 0) is 60.7 Å². The highest BCUT2D eigenvalue weighted by Gasteiger charge is 2.26. The van der Waals surface area contributed by atoms with E-state index in [-0.39, 0.29) is 23.1 Å². The first-order valence-corrected chi connectivity index (χ1v) is 12.0. The van der Waals surface area contributed by atoms with Crippen LogP contribution in [-0.4, -0.2) is 50.6 Å². The van der Waals surface area contributed by atoms with Gasteiger partial charge in [-0.3, -0.25) is 9.59 Å². The molecule has 38 heavy (non-hydrogen) atoms. The Balaban J connectivity index is 1.34. The third-order valence-corrected chi connectivity index (χ3v) is 6.47. The van der Waals surface area contributed by atoms with Crippen molar-refractivity contribution in [3.63, 3.8) is 0 Å². The fourth-order valence-electron chi connectivity index (χ4n) is 4.45. The van der Waals surface area contributed by atoms with Gasteiger partial charge < -0.3 is 24.4 Å². The van der Waals surface area contributed by atoms with Crippen LogP contribution in [0.25, 0.3) is 0 Å². The Morgan fingerprint density at radius 1 is 0.895 bits per heavy atom. The number of likely N-dealkylation sites (tertiary alicyclic amines) is 1. The lowest BCUT2D eigenvalue weighted by molar-refractivity contribution is -0.0500. The molecule has 0 aliphatic carbocycles. The SMILES string of the molecule is COc1ccc(C(=O)N2CCC(c3ccc(NC(=O)c4ccc(OC(F)F)cc4F)cc3)CC2)c(OC)c1. The number of benzene rings is 3. The van der Waals surface area contributed by atoms with Crippen molar-refractivity contribution in [3.05, 3.63) is 83.2 Å². The number of hydrogen-bond donors (Lipinski definition) is 1. The topological polar surface area (TPSA) is 77.1 Å². The second kappa shape index (κ2) is 11.9. The molecule has 1 aliphatic rings. The van der Waals surface area contributed by atoms with E-state index in [9.17, 15) is 22.8 Å². The first-order chi connectivity index (χ1) is 18.3. The maximum Gasteiger partial charge on any atom is 0.387 e. The molecular formula is C28H27F3N2O5. The second-order valence-electron chi connectivity index (χ2n) is 8.73. The summed E-state index contributed by atoms with van der Waals surface area (Å²) in [6.07, 6.45) is 1.54. The van der Waals surface area contributed by atoms with Crippen LogP contribution in [0.3, 0.4) is 0 Å². The van der Waals surface area contributed by atoms with Gasteiger partial charge >= 0.3 is 6.61 Å². The van der Waals surface area contributed by atoms with Crippen LogP contribution >= 0.6 is 0 Å². The highest BCUT2D eigenvalue weighted by molar-refractivity contribution is 6.04. The van der Waals surface area contributed by atoms with Gasteiger partial charge in [-0.2, -0.15) is 8.78 Å². The molecule has 7 nitrogen and oxygen atoms in total. The maximum absolute atomic E-state index is 14.2. The Morgan fingerprint density at radius 3 is 2.16 bits per heavy atom. The van der Waals surface area contributed by atoms with E-state index in [4.69, 9.17) is 9.47 Å². The van der Waals surface area contributed by atoms with Gasteiger partial charge in [0, 0.05) is 30.9 Å². The molecule has 0 saturated carbocycles. The third-order valence-electron chi connectivity index (χ3n) is 6.47. The fraction of sp³-hybridized carbons (Fsp3) is 0.286. The zero-order valence-corrected chi connectivity index (χ0v) is 20.9. The van der Waals surface area contributed by atoms with Crippen molar-refractivity contribution in [1.82, 2.24) is 4.90 Å². The van der Waals surface area contributed by atoms with Crippen LogP contribution in [0.4, 0.5) is 18.9 Å². The van der Waals surface area contributed by atoms with Crippen molar-refractivity contribution >= 4 is 17.5 Å². The van der Waals surface area contributed by atoms with Crippen LogP contribution in [0.2, 0.25) is 0 Å². The van der Waals surface area contributed by atoms with E-state index in [2.05, 4.69) is 10.1 Å². The molecule has 0 atom stereocenters. The third kappa shape index (κ3) is 6.19. The van der Waals surface area contributed by atoms with Crippen molar-refractivity contribution in [2.45, 2.75) is 25.4 Å². The summed E-state index contributed by atoms with van der Waals surface area (Å²) in [5.74, 6) is -0.825. The van der Waals surface area contributed by atoms with E-state index >= 15 is 0 Å². The molecule has 0 radical (unpaired) electrons. The Labute approximate surface area is 218 Å². The van der Waals surface area contributed by atoms with E-state index in [1.54, 1.807) is 37.4 Å². The molecule has 0 bridgehead atoms. The summed E-state index contributed by atoms with van der Waals surface area (Å²) in [7, 11) is 3.07. The lowest BCUT2D eigenvalue weighted by atomic mass is 9.89. The van der Waals surface area contributed by atoms with Gasteiger partial charge in [0.05, 0.1) is 25.3 Å². The van der Waals surface area contributed by atoms with Crippen molar-refractivity contribution in [2.75, 3.05) is 32.6 Å².